The van der Waals surface area contributed by atoms with Gasteiger partial charge in [-0.2, -0.15) is 0 Å². The highest BCUT2D eigenvalue weighted by molar-refractivity contribution is 9.10. The van der Waals surface area contributed by atoms with Gasteiger partial charge in [0.05, 0.1) is 13.0 Å². The zero-order valence-electron chi connectivity index (χ0n) is 16.8. The number of hydrogen-bond acceptors (Lipinski definition) is 5. The van der Waals surface area contributed by atoms with Gasteiger partial charge in [-0.15, -0.1) is 0 Å². The molecule has 1 N–H and O–H groups in total. The third-order valence-corrected chi connectivity index (χ3v) is 5.77. The maximum Gasteiger partial charge on any atom is 0.260 e. The summed E-state index contributed by atoms with van der Waals surface area (Å²) >= 11 is 3.45. The number of carbonyl (C=O) groups is 2. The van der Waals surface area contributed by atoms with Gasteiger partial charge in [-0.1, -0.05) is 22.0 Å². The van der Waals surface area contributed by atoms with E-state index in [4.69, 9.17) is 9.47 Å². The average Bonchev–Trinajstić information content (AvgIpc) is 2.74. The Hall–Kier alpha value is -2.74. The predicted octanol–water partition coefficient (Wildman–Crippen LogP) is 2.98. The van der Waals surface area contributed by atoms with Crippen LogP contribution in [0.25, 0.3) is 0 Å². The van der Waals surface area contributed by atoms with Crippen molar-refractivity contribution in [1.29, 1.82) is 0 Å². The van der Waals surface area contributed by atoms with Crippen LogP contribution in [0.5, 0.6) is 17.2 Å². The number of carbonyl (C=O) groups excluding carboxylic acids is 2. The lowest BCUT2D eigenvalue weighted by Crippen LogP contribution is -2.51. The molecule has 160 valence electrons. The molecular formula is C22H25BrN2O5. The molecule has 0 atom stereocenters. The van der Waals surface area contributed by atoms with Gasteiger partial charge in [0.15, 0.2) is 6.61 Å². The molecule has 0 aromatic heterocycles. The summed E-state index contributed by atoms with van der Waals surface area (Å²) in [5.74, 6) is 1.15. The standard InChI is InChI=1S/C22H25BrN2O5/c1-16-13-19(5-6-20(16)23)29-12-7-21(27)24-8-10-25(11-9-24)22(28)15-30-18-4-2-3-17(26)14-18/h2-6,13-14,26H,7-12,15H2,1H3. The van der Waals surface area contributed by atoms with E-state index in [1.54, 1.807) is 21.9 Å². The zero-order chi connectivity index (χ0) is 21.5. The second-order valence-corrected chi connectivity index (χ2v) is 7.91. The normalized spacial score (nSPS) is 13.8. The maximum absolute atomic E-state index is 12.4. The Kier molecular flexibility index (Phi) is 7.57. The number of amides is 2. The summed E-state index contributed by atoms with van der Waals surface area (Å²) in [6, 6.07) is 12.1. The summed E-state index contributed by atoms with van der Waals surface area (Å²) in [7, 11) is 0. The first kappa shape index (κ1) is 22.0. The van der Waals surface area contributed by atoms with Crippen molar-refractivity contribution in [2.24, 2.45) is 0 Å². The van der Waals surface area contributed by atoms with Crippen LogP contribution in [0.2, 0.25) is 0 Å². The molecule has 0 saturated carbocycles. The van der Waals surface area contributed by atoms with E-state index in [2.05, 4.69) is 15.9 Å². The number of phenolic OH excluding ortho intramolecular Hbond substituents is 1. The van der Waals surface area contributed by atoms with Crippen molar-refractivity contribution in [3.8, 4) is 17.2 Å². The number of halogens is 1. The van der Waals surface area contributed by atoms with Gasteiger partial charge in [-0.3, -0.25) is 9.59 Å². The molecule has 1 fully saturated rings. The van der Waals surface area contributed by atoms with Gasteiger partial charge in [-0.05, 0) is 42.8 Å². The Morgan fingerprint density at radius 3 is 2.30 bits per heavy atom. The molecule has 7 nitrogen and oxygen atoms in total. The molecule has 0 unspecified atom stereocenters. The van der Waals surface area contributed by atoms with Crippen LogP contribution in [0.15, 0.2) is 46.9 Å². The van der Waals surface area contributed by atoms with E-state index in [0.717, 1.165) is 15.8 Å². The minimum atomic E-state index is -0.139. The lowest BCUT2D eigenvalue weighted by atomic mass is 10.2. The molecule has 0 spiro atoms. The van der Waals surface area contributed by atoms with Gasteiger partial charge >= 0.3 is 0 Å². The van der Waals surface area contributed by atoms with Crippen LogP contribution in [0, 0.1) is 6.92 Å². The second kappa shape index (κ2) is 10.3. The van der Waals surface area contributed by atoms with Crippen molar-refractivity contribution < 1.29 is 24.2 Å². The molecule has 0 aliphatic carbocycles. The van der Waals surface area contributed by atoms with Crippen LogP contribution in [-0.2, 0) is 9.59 Å². The van der Waals surface area contributed by atoms with E-state index >= 15 is 0 Å². The summed E-state index contributed by atoms with van der Waals surface area (Å²) in [6.07, 6.45) is 0.295. The third kappa shape index (κ3) is 6.13. The Morgan fingerprint density at radius 1 is 0.967 bits per heavy atom. The minimum absolute atomic E-state index is 0.0203. The van der Waals surface area contributed by atoms with Gasteiger partial charge in [0.25, 0.3) is 5.91 Å². The van der Waals surface area contributed by atoms with Gasteiger partial charge in [0.2, 0.25) is 5.91 Å². The van der Waals surface area contributed by atoms with Gasteiger partial charge < -0.3 is 24.4 Å². The Bertz CT molecular complexity index is 897. The maximum atomic E-state index is 12.4. The Balaban J connectivity index is 1.37. The lowest BCUT2D eigenvalue weighted by Gasteiger charge is -2.34. The van der Waals surface area contributed by atoms with Gasteiger partial charge in [0.1, 0.15) is 17.2 Å². The summed E-state index contributed by atoms with van der Waals surface area (Å²) in [4.78, 5) is 28.2. The number of nitrogens with zero attached hydrogens (tertiary/aromatic N) is 2. The Labute approximate surface area is 184 Å². The second-order valence-electron chi connectivity index (χ2n) is 7.06. The number of benzene rings is 2. The average molecular weight is 477 g/mol. The molecule has 1 aliphatic heterocycles. The quantitative estimate of drug-likeness (QED) is 0.664. The van der Waals surface area contributed by atoms with Crippen molar-refractivity contribution in [2.45, 2.75) is 13.3 Å². The van der Waals surface area contributed by atoms with Gasteiger partial charge in [0, 0.05) is 36.7 Å². The number of aromatic hydroxyl groups is 1. The predicted molar refractivity (Wildman–Crippen MR) is 116 cm³/mol. The number of piperazine rings is 1. The van der Waals surface area contributed by atoms with Crippen LogP contribution in [0.1, 0.15) is 12.0 Å². The highest BCUT2D eigenvalue weighted by atomic mass is 79.9. The topological polar surface area (TPSA) is 79.3 Å². The van der Waals surface area contributed by atoms with Crippen LogP contribution >= 0.6 is 15.9 Å². The van der Waals surface area contributed by atoms with Crippen molar-refractivity contribution in [3.63, 3.8) is 0 Å². The van der Waals surface area contributed by atoms with Crippen LogP contribution < -0.4 is 9.47 Å². The smallest absolute Gasteiger partial charge is 0.260 e. The van der Waals surface area contributed by atoms with E-state index in [1.165, 1.54) is 12.1 Å². The van der Waals surface area contributed by atoms with E-state index in [0.29, 0.717) is 45.0 Å². The molecule has 2 amide bonds. The monoisotopic (exact) mass is 476 g/mol. The van der Waals surface area contributed by atoms with Crippen molar-refractivity contribution >= 4 is 27.7 Å². The molecule has 0 radical (unpaired) electrons. The molecular weight excluding hydrogens is 452 g/mol. The number of aryl methyl sites for hydroxylation is 1. The fourth-order valence-corrected chi connectivity index (χ4v) is 3.38. The fraction of sp³-hybridized carbons (Fsp3) is 0.364. The summed E-state index contributed by atoms with van der Waals surface area (Å²) < 4.78 is 12.1. The highest BCUT2D eigenvalue weighted by Gasteiger charge is 2.24. The molecule has 30 heavy (non-hydrogen) atoms. The van der Waals surface area contributed by atoms with Crippen LogP contribution in [-0.4, -0.2) is 66.1 Å². The fourth-order valence-electron chi connectivity index (χ4n) is 3.14. The lowest BCUT2D eigenvalue weighted by molar-refractivity contribution is -0.141. The van der Waals surface area contributed by atoms with E-state index in [-0.39, 0.29) is 24.2 Å². The first-order chi connectivity index (χ1) is 14.4. The molecule has 2 aromatic carbocycles. The highest BCUT2D eigenvalue weighted by Crippen LogP contribution is 2.22. The molecule has 1 heterocycles. The largest absolute Gasteiger partial charge is 0.508 e. The van der Waals surface area contributed by atoms with E-state index in [9.17, 15) is 14.7 Å². The molecule has 8 heteroatoms. The SMILES string of the molecule is Cc1cc(OCCC(=O)N2CCN(C(=O)COc3cccc(O)c3)CC2)ccc1Br. The van der Waals surface area contributed by atoms with Crippen molar-refractivity contribution in [1.82, 2.24) is 9.80 Å². The van der Waals surface area contributed by atoms with Crippen molar-refractivity contribution in [3.05, 3.63) is 52.5 Å². The molecule has 3 rings (SSSR count). The molecule has 0 bridgehead atoms. The number of hydrogen-bond donors (Lipinski definition) is 1. The van der Waals surface area contributed by atoms with Crippen LogP contribution in [0.4, 0.5) is 0 Å². The summed E-state index contributed by atoms with van der Waals surface area (Å²) in [5.41, 5.74) is 1.08. The third-order valence-electron chi connectivity index (χ3n) is 4.88. The number of phenols is 1. The van der Waals surface area contributed by atoms with Crippen molar-refractivity contribution in [2.75, 3.05) is 39.4 Å². The summed E-state index contributed by atoms with van der Waals surface area (Å²) in [5, 5.41) is 9.43. The summed E-state index contributed by atoms with van der Waals surface area (Å²) in [6.45, 7) is 4.13. The van der Waals surface area contributed by atoms with Crippen LogP contribution in [0.3, 0.4) is 0 Å². The first-order valence-corrected chi connectivity index (χ1v) is 10.6. The number of rotatable bonds is 7. The van der Waals surface area contributed by atoms with E-state index < -0.39 is 0 Å². The van der Waals surface area contributed by atoms with E-state index in [1.807, 2.05) is 25.1 Å². The molecule has 2 aromatic rings. The zero-order valence-corrected chi connectivity index (χ0v) is 18.4. The minimum Gasteiger partial charge on any atom is -0.508 e. The molecule has 1 aliphatic rings. The molecule has 1 saturated heterocycles. The van der Waals surface area contributed by atoms with Gasteiger partial charge in [-0.25, -0.2) is 0 Å². The Morgan fingerprint density at radius 2 is 1.63 bits per heavy atom. The first-order valence-electron chi connectivity index (χ1n) is 9.79. The number of ether oxygens (including phenoxy) is 2.